The largest absolute Gasteiger partial charge is 0.301 e. The molecule has 1 nitrogen and oxygen atoms in total. The normalized spacial score (nSPS) is 18.7. The Balaban J connectivity index is 1.97. The minimum atomic E-state index is -0.217. The Bertz CT molecular complexity index is 383. The van der Waals surface area contributed by atoms with Crippen molar-refractivity contribution in [2.75, 3.05) is 26.3 Å². The zero-order valence-electron chi connectivity index (χ0n) is 12.5. The third-order valence-electron chi connectivity index (χ3n) is 4.24. The summed E-state index contributed by atoms with van der Waals surface area (Å²) in [6.07, 6.45) is 2.32. The van der Waals surface area contributed by atoms with E-state index in [1.165, 1.54) is 11.1 Å². The molecule has 2 heteroatoms. The number of piperidine rings is 1. The fourth-order valence-electron chi connectivity index (χ4n) is 2.86. The van der Waals surface area contributed by atoms with Crippen molar-refractivity contribution in [1.82, 2.24) is 4.90 Å². The molecule has 1 fully saturated rings. The van der Waals surface area contributed by atoms with Gasteiger partial charge in [0.25, 0.3) is 0 Å². The standard InChI is InChI=1S/C17H26FN/c1-17(2,3)16-6-4-14(5-7-16)15-8-11-19(12-9-15)13-10-18/h4-7,15H,8-13H2,1-3H3. The molecule has 0 aliphatic carbocycles. The second-order valence-electron chi connectivity index (χ2n) is 6.68. The number of halogens is 1. The molecule has 1 aliphatic rings. The first-order valence-corrected chi connectivity index (χ1v) is 7.39. The molecular formula is C17H26FN. The van der Waals surface area contributed by atoms with Gasteiger partial charge in [0.2, 0.25) is 0 Å². The summed E-state index contributed by atoms with van der Waals surface area (Å²) in [5.41, 5.74) is 3.07. The van der Waals surface area contributed by atoms with Gasteiger partial charge in [-0.3, -0.25) is 0 Å². The number of alkyl halides is 1. The molecule has 1 heterocycles. The van der Waals surface area contributed by atoms with Gasteiger partial charge in [0, 0.05) is 6.54 Å². The van der Waals surface area contributed by atoms with Crippen molar-refractivity contribution in [3.8, 4) is 0 Å². The first kappa shape index (κ1) is 14.5. The lowest BCUT2D eigenvalue weighted by Gasteiger charge is -2.31. The Kier molecular flexibility index (Phi) is 4.62. The van der Waals surface area contributed by atoms with Crippen molar-refractivity contribution in [3.63, 3.8) is 0 Å². The van der Waals surface area contributed by atoms with Crippen LogP contribution in [0.4, 0.5) is 4.39 Å². The summed E-state index contributed by atoms with van der Waals surface area (Å²) in [7, 11) is 0. The lowest BCUT2D eigenvalue weighted by molar-refractivity contribution is 0.197. The van der Waals surface area contributed by atoms with Gasteiger partial charge in [-0.15, -0.1) is 0 Å². The highest BCUT2D eigenvalue weighted by Crippen LogP contribution is 2.30. The van der Waals surface area contributed by atoms with Crippen molar-refractivity contribution in [2.45, 2.75) is 44.9 Å². The SMILES string of the molecule is CC(C)(C)c1ccc(C2CCN(CCF)CC2)cc1. The number of nitrogens with zero attached hydrogens (tertiary/aromatic N) is 1. The van der Waals surface area contributed by atoms with Crippen molar-refractivity contribution in [1.29, 1.82) is 0 Å². The zero-order valence-corrected chi connectivity index (χ0v) is 12.5. The lowest BCUT2D eigenvalue weighted by Crippen LogP contribution is -2.34. The molecule has 1 aromatic carbocycles. The number of hydrogen-bond donors (Lipinski definition) is 0. The van der Waals surface area contributed by atoms with Gasteiger partial charge in [0.15, 0.2) is 0 Å². The van der Waals surface area contributed by atoms with Gasteiger partial charge in [-0.25, -0.2) is 4.39 Å². The number of rotatable bonds is 3. The first-order valence-electron chi connectivity index (χ1n) is 7.39. The molecular weight excluding hydrogens is 237 g/mol. The van der Waals surface area contributed by atoms with Gasteiger partial charge in [-0.05, 0) is 48.4 Å². The van der Waals surface area contributed by atoms with Crippen LogP contribution in [0.25, 0.3) is 0 Å². The monoisotopic (exact) mass is 263 g/mol. The fourth-order valence-corrected chi connectivity index (χ4v) is 2.86. The second-order valence-corrected chi connectivity index (χ2v) is 6.68. The maximum absolute atomic E-state index is 12.3. The van der Waals surface area contributed by atoms with Crippen LogP contribution in [0.3, 0.4) is 0 Å². The van der Waals surface area contributed by atoms with Crippen molar-refractivity contribution < 1.29 is 4.39 Å². The van der Waals surface area contributed by atoms with Crippen LogP contribution in [0.1, 0.15) is 50.7 Å². The molecule has 0 radical (unpaired) electrons. The van der Waals surface area contributed by atoms with Crippen molar-refractivity contribution >= 4 is 0 Å². The predicted octanol–water partition coefficient (Wildman–Crippen LogP) is 4.13. The summed E-state index contributed by atoms with van der Waals surface area (Å²) in [5.74, 6) is 0.657. The van der Waals surface area contributed by atoms with E-state index in [0.29, 0.717) is 12.5 Å². The van der Waals surface area contributed by atoms with Crippen LogP contribution in [0.5, 0.6) is 0 Å². The Labute approximate surface area is 116 Å². The summed E-state index contributed by atoms with van der Waals surface area (Å²) in [6, 6.07) is 9.11. The van der Waals surface area contributed by atoms with E-state index in [9.17, 15) is 4.39 Å². The zero-order chi connectivity index (χ0) is 13.9. The maximum atomic E-state index is 12.3. The van der Waals surface area contributed by atoms with Crippen molar-refractivity contribution in [3.05, 3.63) is 35.4 Å². The minimum Gasteiger partial charge on any atom is -0.301 e. The molecule has 1 saturated heterocycles. The molecule has 1 aromatic rings. The van der Waals surface area contributed by atoms with Crippen LogP contribution in [0.15, 0.2) is 24.3 Å². The Morgan fingerprint density at radius 1 is 1.11 bits per heavy atom. The number of benzene rings is 1. The highest BCUT2D eigenvalue weighted by molar-refractivity contribution is 5.29. The maximum Gasteiger partial charge on any atom is 0.102 e. The summed E-state index contributed by atoms with van der Waals surface area (Å²) in [5, 5.41) is 0. The molecule has 2 rings (SSSR count). The number of likely N-dealkylation sites (tertiary alicyclic amines) is 1. The van der Waals surface area contributed by atoms with Gasteiger partial charge < -0.3 is 4.90 Å². The quantitative estimate of drug-likeness (QED) is 0.792. The van der Waals surface area contributed by atoms with E-state index in [1.807, 2.05) is 0 Å². The van der Waals surface area contributed by atoms with Crippen LogP contribution >= 0.6 is 0 Å². The highest BCUT2D eigenvalue weighted by Gasteiger charge is 2.21. The molecule has 19 heavy (non-hydrogen) atoms. The average molecular weight is 263 g/mol. The molecule has 1 aliphatic heterocycles. The Hall–Kier alpha value is -0.890. The van der Waals surface area contributed by atoms with E-state index in [0.717, 1.165) is 25.9 Å². The summed E-state index contributed by atoms with van der Waals surface area (Å²) in [4.78, 5) is 2.24. The predicted molar refractivity (Wildman–Crippen MR) is 79.5 cm³/mol. The number of hydrogen-bond acceptors (Lipinski definition) is 1. The molecule has 0 saturated carbocycles. The topological polar surface area (TPSA) is 3.24 Å². The van der Waals surface area contributed by atoms with Gasteiger partial charge in [0.05, 0.1) is 0 Å². The highest BCUT2D eigenvalue weighted by atomic mass is 19.1. The molecule has 0 bridgehead atoms. The molecule has 106 valence electrons. The lowest BCUT2D eigenvalue weighted by atomic mass is 9.84. The molecule has 0 spiro atoms. The van der Waals surface area contributed by atoms with E-state index in [4.69, 9.17) is 0 Å². The van der Waals surface area contributed by atoms with Crippen LogP contribution in [-0.2, 0) is 5.41 Å². The third kappa shape index (κ3) is 3.79. The average Bonchev–Trinajstić information content (AvgIpc) is 2.39. The van der Waals surface area contributed by atoms with E-state index < -0.39 is 0 Å². The third-order valence-corrected chi connectivity index (χ3v) is 4.24. The van der Waals surface area contributed by atoms with E-state index >= 15 is 0 Å². The van der Waals surface area contributed by atoms with Crippen LogP contribution in [0, 0.1) is 0 Å². The van der Waals surface area contributed by atoms with Gasteiger partial charge in [-0.2, -0.15) is 0 Å². The Morgan fingerprint density at radius 3 is 2.16 bits per heavy atom. The van der Waals surface area contributed by atoms with Gasteiger partial charge in [-0.1, -0.05) is 45.0 Å². The van der Waals surface area contributed by atoms with Gasteiger partial charge in [0.1, 0.15) is 6.67 Å². The molecule has 0 atom stereocenters. The molecule has 0 unspecified atom stereocenters. The van der Waals surface area contributed by atoms with Gasteiger partial charge >= 0.3 is 0 Å². The second kappa shape index (κ2) is 6.04. The Morgan fingerprint density at radius 2 is 1.68 bits per heavy atom. The smallest absolute Gasteiger partial charge is 0.102 e. The van der Waals surface area contributed by atoms with E-state index in [1.54, 1.807) is 0 Å². The van der Waals surface area contributed by atoms with E-state index in [-0.39, 0.29) is 12.1 Å². The van der Waals surface area contributed by atoms with Crippen LogP contribution < -0.4 is 0 Å². The van der Waals surface area contributed by atoms with E-state index in [2.05, 4.69) is 49.9 Å². The fraction of sp³-hybridized carbons (Fsp3) is 0.647. The summed E-state index contributed by atoms with van der Waals surface area (Å²) < 4.78 is 12.3. The molecule has 0 amide bonds. The van der Waals surface area contributed by atoms with Crippen LogP contribution in [-0.4, -0.2) is 31.2 Å². The summed E-state index contributed by atoms with van der Waals surface area (Å²) in [6.45, 7) is 9.21. The molecule has 0 aromatic heterocycles. The minimum absolute atomic E-state index is 0.217. The first-order chi connectivity index (χ1) is 9.00. The van der Waals surface area contributed by atoms with Crippen LogP contribution in [0.2, 0.25) is 0 Å². The summed E-state index contributed by atoms with van der Waals surface area (Å²) >= 11 is 0. The van der Waals surface area contributed by atoms with Crippen molar-refractivity contribution in [2.24, 2.45) is 0 Å². The molecule has 0 N–H and O–H groups in total.